The van der Waals surface area contributed by atoms with Gasteiger partial charge in [0.1, 0.15) is 11.6 Å². The topological polar surface area (TPSA) is 53.5 Å². The lowest BCUT2D eigenvalue weighted by molar-refractivity contribution is 0.415. The van der Waals surface area contributed by atoms with Crippen LogP contribution in [0.2, 0.25) is 0 Å². The number of methoxy groups -OCH3 is 1. The number of piperazine rings is 1. The molecule has 4 rings (SSSR count). The van der Waals surface area contributed by atoms with Crippen molar-refractivity contribution in [1.82, 2.24) is 9.97 Å². The van der Waals surface area contributed by atoms with E-state index in [9.17, 15) is 0 Å². The fraction of sp³-hybridized carbons (Fsp3) is 0.304. The van der Waals surface area contributed by atoms with E-state index < -0.39 is 0 Å². The number of hydrogen-bond donors (Lipinski definition) is 1. The molecule has 0 spiro atoms. The molecule has 3 aromatic rings. The Kier molecular flexibility index (Phi) is 5.79. The van der Waals surface area contributed by atoms with Gasteiger partial charge in [0.25, 0.3) is 0 Å². The van der Waals surface area contributed by atoms with E-state index in [1.54, 1.807) is 7.11 Å². The molecular weight excluding hydrogens is 362 g/mol. The lowest BCUT2D eigenvalue weighted by Crippen LogP contribution is -2.47. The number of nitrogens with zero attached hydrogens (tertiary/aromatic N) is 4. The summed E-state index contributed by atoms with van der Waals surface area (Å²) in [5, 5.41) is 3.48. The number of aromatic nitrogens is 2. The van der Waals surface area contributed by atoms with Crippen LogP contribution < -0.4 is 19.9 Å². The van der Waals surface area contributed by atoms with Gasteiger partial charge in [-0.1, -0.05) is 30.3 Å². The molecule has 6 heteroatoms. The van der Waals surface area contributed by atoms with E-state index in [0.29, 0.717) is 0 Å². The van der Waals surface area contributed by atoms with E-state index in [4.69, 9.17) is 9.72 Å². The van der Waals surface area contributed by atoms with Crippen molar-refractivity contribution in [3.63, 3.8) is 0 Å². The van der Waals surface area contributed by atoms with Gasteiger partial charge in [0.15, 0.2) is 0 Å². The monoisotopic (exact) mass is 389 g/mol. The molecule has 1 fully saturated rings. The summed E-state index contributed by atoms with van der Waals surface area (Å²) in [6.07, 6.45) is 1.83. The average molecular weight is 390 g/mol. The van der Waals surface area contributed by atoms with Crippen molar-refractivity contribution in [2.24, 2.45) is 0 Å². The number of ether oxygens (including phenoxy) is 1. The van der Waals surface area contributed by atoms with Gasteiger partial charge in [-0.2, -0.15) is 4.98 Å². The van der Waals surface area contributed by atoms with Gasteiger partial charge in [-0.15, -0.1) is 0 Å². The van der Waals surface area contributed by atoms with Crippen LogP contribution >= 0.6 is 0 Å². The molecule has 150 valence electrons. The Morgan fingerprint density at radius 3 is 2.28 bits per heavy atom. The predicted molar refractivity (Wildman–Crippen MR) is 118 cm³/mol. The third-order valence-corrected chi connectivity index (χ3v) is 5.31. The molecule has 1 aromatic heterocycles. The number of hydrogen-bond acceptors (Lipinski definition) is 6. The van der Waals surface area contributed by atoms with Gasteiger partial charge in [0.2, 0.25) is 5.95 Å². The van der Waals surface area contributed by atoms with E-state index in [-0.39, 0.29) is 6.04 Å². The molecule has 1 aliphatic rings. The van der Waals surface area contributed by atoms with Crippen LogP contribution in [0.15, 0.2) is 66.9 Å². The standard InChI is InChI=1S/C23H27N5O/c1-18(19-6-4-3-5-7-19)25-22-12-13-24-23(26-22)28-16-14-27(15-17-28)20-8-10-21(29-2)11-9-20/h3-13,18H,14-17H2,1-2H3,(H,24,25,26). The van der Waals surface area contributed by atoms with Gasteiger partial charge < -0.3 is 19.9 Å². The van der Waals surface area contributed by atoms with Gasteiger partial charge in [-0.25, -0.2) is 4.98 Å². The Morgan fingerprint density at radius 2 is 1.59 bits per heavy atom. The summed E-state index contributed by atoms with van der Waals surface area (Å²) in [4.78, 5) is 13.9. The minimum absolute atomic E-state index is 0.186. The van der Waals surface area contributed by atoms with Crippen molar-refractivity contribution in [2.75, 3.05) is 48.4 Å². The molecule has 29 heavy (non-hydrogen) atoms. The van der Waals surface area contributed by atoms with Crippen LogP contribution in [0.5, 0.6) is 5.75 Å². The second-order valence-corrected chi connectivity index (χ2v) is 7.19. The summed E-state index contributed by atoms with van der Waals surface area (Å²) in [7, 11) is 1.69. The largest absolute Gasteiger partial charge is 0.497 e. The van der Waals surface area contributed by atoms with Gasteiger partial charge in [0, 0.05) is 44.1 Å². The van der Waals surface area contributed by atoms with Crippen molar-refractivity contribution < 1.29 is 4.74 Å². The Morgan fingerprint density at radius 1 is 0.897 bits per heavy atom. The van der Waals surface area contributed by atoms with Crippen molar-refractivity contribution >= 4 is 17.5 Å². The SMILES string of the molecule is COc1ccc(N2CCN(c3nccc(NC(C)c4ccccc4)n3)CC2)cc1. The highest BCUT2D eigenvalue weighted by molar-refractivity contribution is 5.51. The minimum Gasteiger partial charge on any atom is -0.497 e. The van der Waals surface area contributed by atoms with Gasteiger partial charge in [-0.05, 0) is 42.8 Å². The first-order valence-corrected chi connectivity index (χ1v) is 10.0. The van der Waals surface area contributed by atoms with Crippen molar-refractivity contribution in [1.29, 1.82) is 0 Å². The van der Waals surface area contributed by atoms with E-state index >= 15 is 0 Å². The quantitative estimate of drug-likeness (QED) is 0.688. The fourth-order valence-electron chi connectivity index (χ4n) is 3.59. The summed E-state index contributed by atoms with van der Waals surface area (Å²) in [6.45, 7) is 5.81. The molecule has 0 radical (unpaired) electrons. The van der Waals surface area contributed by atoms with Crippen LogP contribution in [0.1, 0.15) is 18.5 Å². The maximum atomic E-state index is 5.25. The van der Waals surface area contributed by atoms with E-state index in [1.165, 1.54) is 11.3 Å². The highest BCUT2D eigenvalue weighted by atomic mass is 16.5. The first-order valence-electron chi connectivity index (χ1n) is 10.0. The minimum atomic E-state index is 0.186. The second-order valence-electron chi connectivity index (χ2n) is 7.19. The van der Waals surface area contributed by atoms with Gasteiger partial charge in [-0.3, -0.25) is 0 Å². The Hall–Kier alpha value is -3.28. The zero-order valence-corrected chi connectivity index (χ0v) is 17.0. The molecule has 1 saturated heterocycles. The summed E-state index contributed by atoms with van der Waals surface area (Å²) in [5.41, 5.74) is 2.46. The maximum absolute atomic E-state index is 5.25. The highest BCUT2D eigenvalue weighted by Crippen LogP contribution is 2.23. The highest BCUT2D eigenvalue weighted by Gasteiger charge is 2.20. The van der Waals surface area contributed by atoms with E-state index in [0.717, 1.165) is 43.7 Å². The molecule has 1 aliphatic heterocycles. The molecule has 6 nitrogen and oxygen atoms in total. The predicted octanol–water partition coefficient (Wildman–Crippen LogP) is 3.98. The maximum Gasteiger partial charge on any atom is 0.227 e. The third kappa shape index (κ3) is 4.59. The molecule has 2 aromatic carbocycles. The first-order chi connectivity index (χ1) is 14.2. The third-order valence-electron chi connectivity index (χ3n) is 5.31. The van der Waals surface area contributed by atoms with Crippen LogP contribution in [0, 0.1) is 0 Å². The average Bonchev–Trinajstić information content (AvgIpc) is 2.80. The fourth-order valence-corrected chi connectivity index (χ4v) is 3.59. The number of rotatable bonds is 6. The van der Waals surface area contributed by atoms with Crippen molar-refractivity contribution in [2.45, 2.75) is 13.0 Å². The van der Waals surface area contributed by atoms with Crippen LogP contribution in [-0.4, -0.2) is 43.3 Å². The van der Waals surface area contributed by atoms with Gasteiger partial charge in [0.05, 0.1) is 7.11 Å². The smallest absolute Gasteiger partial charge is 0.227 e. The Balaban J connectivity index is 1.38. The molecule has 2 heterocycles. The molecule has 0 bridgehead atoms. The zero-order valence-electron chi connectivity index (χ0n) is 17.0. The van der Waals surface area contributed by atoms with Crippen LogP contribution in [0.25, 0.3) is 0 Å². The van der Waals surface area contributed by atoms with E-state index in [2.05, 4.69) is 63.4 Å². The summed E-state index contributed by atoms with van der Waals surface area (Å²) in [5.74, 6) is 2.52. The Labute approximate surface area is 172 Å². The number of anilines is 3. The first kappa shape index (κ1) is 19.1. The van der Waals surface area contributed by atoms with Crippen molar-refractivity contribution in [3.8, 4) is 5.75 Å². The number of nitrogens with one attached hydrogen (secondary N) is 1. The summed E-state index contributed by atoms with van der Waals surface area (Å²) >= 11 is 0. The molecular formula is C23H27N5O. The lowest BCUT2D eigenvalue weighted by Gasteiger charge is -2.36. The molecule has 0 amide bonds. The molecule has 1 N–H and O–H groups in total. The lowest BCUT2D eigenvalue weighted by atomic mass is 10.1. The summed E-state index contributed by atoms with van der Waals surface area (Å²) in [6, 6.07) is 20.7. The van der Waals surface area contributed by atoms with E-state index in [1.807, 2.05) is 30.5 Å². The molecule has 1 atom stereocenters. The molecule has 1 unspecified atom stereocenters. The molecule has 0 aliphatic carbocycles. The van der Waals surface area contributed by atoms with Crippen LogP contribution in [0.4, 0.5) is 17.5 Å². The van der Waals surface area contributed by atoms with Crippen molar-refractivity contribution in [3.05, 3.63) is 72.4 Å². The molecule has 0 saturated carbocycles. The summed E-state index contributed by atoms with van der Waals surface area (Å²) < 4.78 is 5.25. The normalized spacial score (nSPS) is 15.1. The van der Waals surface area contributed by atoms with Crippen LogP contribution in [-0.2, 0) is 0 Å². The zero-order chi connectivity index (χ0) is 20.1. The number of benzene rings is 2. The second kappa shape index (κ2) is 8.82. The van der Waals surface area contributed by atoms with Gasteiger partial charge >= 0.3 is 0 Å². The van der Waals surface area contributed by atoms with Crippen LogP contribution in [0.3, 0.4) is 0 Å². The Bertz CT molecular complexity index is 908.